The number of aryl methyl sites for hydroxylation is 1. The van der Waals surface area contributed by atoms with Gasteiger partial charge in [-0.1, -0.05) is 35.5 Å². The number of amides is 1. The summed E-state index contributed by atoms with van der Waals surface area (Å²) in [6.45, 7) is 3.72. The van der Waals surface area contributed by atoms with E-state index in [1.165, 1.54) is 23.7 Å². The average molecular weight is 563 g/mol. The molecule has 0 fully saturated rings. The first-order chi connectivity index (χ1) is 18.7. The number of aromatic nitrogens is 2. The second-order valence-electron chi connectivity index (χ2n) is 9.04. The molecule has 0 aliphatic heterocycles. The van der Waals surface area contributed by atoms with Crippen LogP contribution in [0.2, 0.25) is 0 Å². The van der Waals surface area contributed by atoms with Crippen LogP contribution in [0, 0.1) is 13.8 Å². The minimum Gasteiger partial charge on any atom is -0.445 e. The highest BCUT2D eigenvalue weighted by molar-refractivity contribution is 7.92. The third-order valence-corrected chi connectivity index (χ3v) is 8.64. The highest BCUT2D eigenvalue weighted by Crippen LogP contribution is 2.34. The average Bonchev–Trinajstić information content (AvgIpc) is 3.70. The molecule has 0 aliphatic carbocycles. The van der Waals surface area contributed by atoms with E-state index in [1.807, 2.05) is 35.7 Å². The number of anilines is 1. The fourth-order valence-corrected chi connectivity index (χ4v) is 6.10. The minimum absolute atomic E-state index is 0.0522. The number of hydrogen-bond acceptors (Lipinski definition) is 8. The Balaban J connectivity index is 1.55. The molecule has 200 valence electrons. The molecule has 5 rings (SSSR count). The van der Waals surface area contributed by atoms with E-state index in [-0.39, 0.29) is 29.7 Å². The fraction of sp³-hybridized carbons (Fsp3) is 0.179. The second kappa shape index (κ2) is 10.9. The number of carbonyl (C=O) groups is 1. The Bertz CT molecular complexity index is 1710. The molecule has 0 atom stereocenters. The molecule has 0 radical (unpaired) electrons. The van der Waals surface area contributed by atoms with Gasteiger partial charge in [-0.05, 0) is 54.6 Å². The maximum Gasteiger partial charge on any atom is 0.264 e. The lowest BCUT2D eigenvalue weighted by atomic mass is 9.96. The standard InChI is InChI=1S/C28H26N4O5S2/c1-18-19(2)30-37-27(18)31-39(34,35)25-9-5-4-8-24(25)23-11-10-20(28-29-12-13-36-28)15-21(23)17-32(3)26(33)16-22-7-6-14-38-22/h4-15,31H,16-17H2,1-3H3. The van der Waals surface area contributed by atoms with E-state index in [2.05, 4.69) is 14.9 Å². The molecule has 0 aliphatic rings. The normalized spacial score (nSPS) is 11.5. The van der Waals surface area contributed by atoms with Gasteiger partial charge in [-0.3, -0.25) is 4.79 Å². The number of oxazole rings is 1. The minimum atomic E-state index is -4.04. The Hall–Kier alpha value is -4.22. The molecule has 11 heteroatoms. The number of likely N-dealkylation sites (N-methyl/N-ethyl adjacent to an activating group) is 1. The zero-order chi connectivity index (χ0) is 27.6. The Morgan fingerprint density at radius 1 is 1.08 bits per heavy atom. The fourth-order valence-electron chi connectivity index (χ4n) is 4.14. The lowest BCUT2D eigenvalue weighted by molar-refractivity contribution is -0.129. The molecule has 5 aromatic rings. The number of nitrogens with one attached hydrogen (secondary N) is 1. The van der Waals surface area contributed by atoms with Crippen molar-refractivity contribution in [3.8, 4) is 22.6 Å². The number of benzene rings is 2. The van der Waals surface area contributed by atoms with Gasteiger partial charge in [0.25, 0.3) is 10.0 Å². The van der Waals surface area contributed by atoms with Gasteiger partial charge in [-0.2, -0.15) is 0 Å². The molecule has 9 nitrogen and oxygen atoms in total. The van der Waals surface area contributed by atoms with Crippen LogP contribution in [0.3, 0.4) is 0 Å². The van der Waals surface area contributed by atoms with Crippen molar-refractivity contribution in [2.45, 2.75) is 31.7 Å². The van der Waals surface area contributed by atoms with Gasteiger partial charge in [0.2, 0.25) is 17.7 Å². The third-order valence-electron chi connectivity index (χ3n) is 6.37. The van der Waals surface area contributed by atoms with Gasteiger partial charge in [0.15, 0.2) is 0 Å². The smallest absolute Gasteiger partial charge is 0.264 e. The van der Waals surface area contributed by atoms with Gasteiger partial charge < -0.3 is 13.8 Å². The molecular weight excluding hydrogens is 536 g/mol. The van der Waals surface area contributed by atoms with E-state index in [0.717, 1.165) is 10.4 Å². The Labute approximate surface area is 230 Å². The molecule has 0 saturated heterocycles. The van der Waals surface area contributed by atoms with Gasteiger partial charge >= 0.3 is 0 Å². The lowest BCUT2D eigenvalue weighted by Crippen LogP contribution is -2.27. The summed E-state index contributed by atoms with van der Waals surface area (Å²) in [5.74, 6) is 0.443. The molecule has 39 heavy (non-hydrogen) atoms. The number of hydrogen-bond donors (Lipinski definition) is 1. The van der Waals surface area contributed by atoms with Gasteiger partial charge in [0.05, 0.1) is 23.2 Å². The first-order valence-electron chi connectivity index (χ1n) is 12.1. The highest BCUT2D eigenvalue weighted by Gasteiger charge is 2.25. The summed E-state index contributed by atoms with van der Waals surface area (Å²) in [7, 11) is -2.31. The van der Waals surface area contributed by atoms with Crippen molar-refractivity contribution in [1.29, 1.82) is 0 Å². The molecule has 0 spiro atoms. The SMILES string of the molecule is Cc1noc(NS(=O)(=O)c2ccccc2-c2ccc(-c3ncco3)cc2CN(C)C(=O)Cc2cccs2)c1C. The summed E-state index contributed by atoms with van der Waals surface area (Å²) in [5.41, 5.74) is 3.80. The van der Waals surface area contributed by atoms with Gasteiger partial charge in [0, 0.05) is 35.2 Å². The summed E-state index contributed by atoms with van der Waals surface area (Å²) < 4.78 is 40.3. The first-order valence-corrected chi connectivity index (χ1v) is 14.4. The van der Waals surface area contributed by atoms with Gasteiger partial charge in [0.1, 0.15) is 6.26 Å². The van der Waals surface area contributed by atoms with Crippen molar-refractivity contribution < 1.29 is 22.2 Å². The van der Waals surface area contributed by atoms with Crippen molar-refractivity contribution in [3.63, 3.8) is 0 Å². The van der Waals surface area contributed by atoms with Crippen molar-refractivity contribution >= 4 is 33.2 Å². The van der Waals surface area contributed by atoms with Crippen LogP contribution in [-0.2, 0) is 27.8 Å². The quantitative estimate of drug-likeness (QED) is 0.246. The van der Waals surface area contributed by atoms with Crippen LogP contribution < -0.4 is 4.72 Å². The molecule has 2 aromatic carbocycles. The zero-order valence-corrected chi connectivity index (χ0v) is 23.2. The number of thiophene rings is 1. The van der Waals surface area contributed by atoms with Gasteiger partial charge in [-0.25, -0.2) is 18.1 Å². The lowest BCUT2D eigenvalue weighted by Gasteiger charge is -2.21. The van der Waals surface area contributed by atoms with Crippen LogP contribution in [0.15, 0.2) is 86.3 Å². The van der Waals surface area contributed by atoms with E-state index in [9.17, 15) is 13.2 Å². The van der Waals surface area contributed by atoms with Crippen LogP contribution in [0.5, 0.6) is 0 Å². The predicted molar refractivity (Wildman–Crippen MR) is 149 cm³/mol. The van der Waals surface area contributed by atoms with E-state index in [0.29, 0.717) is 33.8 Å². The van der Waals surface area contributed by atoms with E-state index in [1.54, 1.807) is 50.2 Å². The van der Waals surface area contributed by atoms with Gasteiger partial charge in [-0.15, -0.1) is 11.3 Å². The van der Waals surface area contributed by atoms with E-state index in [4.69, 9.17) is 8.94 Å². The Morgan fingerprint density at radius 2 is 1.90 bits per heavy atom. The van der Waals surface area contributed by atoms with Crippen LogP contribution >= 0.6 is 11.3 Å². The summed E-state index contributed by atoms with van der Waals surface area (Å²) in [6, 6.07) is 16.1. The number of nitrogens with zero attached hydrogens (tertiary/aromatic N) is 3. The third kappa shape index (κ3) is 5.64. The molecule has 3 aromatic heterocycles. The Kier molecular flexibility index (Phi) is 7.36. The van der Waals surface area contributed by atoms with Crippen LogP contribution in [-0.4, -0.2) is 36.4 Å². The summed E-state index contributed by atoms with van der Waals surface area (Å²) in [5, 5.41) is 5.78. The predicted octanol–water partition coefficient (Wildman–Crippen LogP) is 5.68. The Morgan fingerprint density at radius 3 is 2.59 bits per heavy atom. The molecule has 0 saturated carbocycles. The molecular formula is C28H26N4O5S2. The number of sulfonamides is 1. The van der Waals surface area contributed by atoms with Crippen molar-refractivity contribution in [2.75, 3.05) is 11.8 Å². The summed E-state index contributed by atoms with van der Waals surface area (Å²) >= 11 is 1.53. The maximum atomic E-state index is 13.5. The van der Waals surface area contributed by atoms with E-state index < -0.39 is 10.0 Å². The summed E-state index contributed by atoms with van der Waals surface area (Å²) in [6.07, 6.45) is 3.33. The monoisotopic (exact) mass is 562 g/mol. The molecule has 3 heterocycles. The summed E-state index contributed by atoms with van der Waals surface area (Å²) in [4.78, 5) is 19.9. The van der Waals surface area contributed by atoms with Crippen molar-refractivity contribution in [1.82, 2.24) is 15.0 Å². The van der Waals surface area contributed by atoms with Crippen LogP contribution in [0.25, 0.3) is 22.6 Å². The number of rotatable bonds is 9. The largest absolute Gasteiger partial charge is 0.445 e. The van der Waals surface area contributed by atoms with Crippen molar-refractivity contribution in [2.24, 2.45) is 0 Å². The van der Waals surface area contributed by atoms with Crippen molar-refractivity contribution in [3.05, 3.63) is 94.1 Å². The topological polar surface area (TPSA) is 119 Å². The second-order valence-corrected chi connectivity index (χ2v) is 11.7. The number of carbonyl (C=O) groups excluding carboxylic acids is 1. The first kappa shape index (κ1) is 26.4. The zero-order valence-electron chi connectivity index (χ0n) is 21.5. The van der Waals surface area contributed by atoms with Crippen LogP contribution in [0.1, 0.15) is 21.7 Å². The van der Waals surface area contributed by atoms with Crippen LogP contribution in [0.4, 0.5) is 5.88 Å². The molecule has 1 amide bonds. The molecule has 1 N–H and O–H groups in total. The molecule has 0 bridgehead atoms. The highest BCUT2D eigenvalue weighted by atomic mass is 32.2. The van der Waals surface area contributed by atoms with E-state index >= 15 is 0 Å². The molecule has 0 unspecified atom stereocenters. The maximum absolute atomic E-state index is 13.5.